The molecule has 1 heterocycles. The second-order valence-corrected chi connectivity index (χ2v) is 5.05. The summed E-state index contributed by atoms with van der Waals surface area (Å²) in [6.07, 6.45) is 0. The van der Waals surface area contributed by atoms with Gasteiger partial charge in [0, 0.05) is 19.2 Å². The quantitative estimate of drug-likeness (QED) is 0.660. The van der Waals surface area contributed by atoms with Crippen LogP contribution in [0.25, 0.3) is 0 Å². The van der Waals surface area contributed by atoms with Crippen molar-refractivity contribution in [1.82, 2.24) is 9.97 Å². The second-order valence-electron chi connectivity index (χ2n) is 5.05. The van der Waals surface area contributed by atoms with E-state index in [2.05, 4.69) is 51.5 Å². The molecule has 1 aromatic carbocycles. The molecule has 0 radical (unpaired) electrons. The third kappa shape index (κ3) is 3.05. The van der Waals surface area contributed by atoms with E-state index >= 15 is 0 Å². The first kappa shape index (κ1) is 14.3. The Morgan fingerprint density at radius 3 is 2.35 bits per heavy atom. The molecule has 0 unspecified atom stereocenters. The highest BCUT2D eigenvalue weighted by Gasteiger charge is 2.12. The van der Waals surface area contributed by atoms with Crippen molar-refractivity contribution in [3.63, 3.8) is 0 Å². The van der Waals surface area contributed by atoms with E-state index < -0.39 is 0 Å². The summed E-state index contributed by atoms with van der Waals surface area (Å²) in [5.41, 5.74) is 6.09. The van der Waals surface area contributed by atoms with Crippen LogP contribution < -0.4 is 16.2 Å². The molecular formula is C15H21N5. The fourth-order valence-corrected chi connectivity index (χ4v) is 2.17. The number of aromatic nitrogens is 2. The molecule has 1 aromatic heterocycles. The van der Waals surface area contributed by atoms with E-state index in [4.69, 9.17) is 5.84 Å². The van der Waals surface area contributed by atoms with Crippen molar-refractivity contribution in [2.45, 2.75) is 27.3 Å². The molecule has 0 saturated carbocycles. The van der Waals surface area contributed by atoms with E-state index in [0.717, 1.165) is 17.9 Å². The van der Waals surface area contributed by atoms with E-state index in [9.17, 15) is 0 Å². The number of aryl methyl sites for hydroxylation is 2. The lowest BCUT2D eigenvalue weighted by atomic mass is 10.1. The fraction of sp³-hybridized carbons (Fsp3) is 0.333. The number of hydrazine groups is 1. The van der Waals surface area contributed by atoms with Gasteiger partial charge in [0.1, 0.15) is 17.5 Å². The predicted octanol–water partition coefficient (Wildman–Crippen LogP) is 2.32. The molecule has 0 aliphatic rings. The minimum Gasteiger partial charge on any atom is -0.355 e. The first-order valence-corrected chi connectivity index (χ1v) is 6.60. The highest BCUT2D eigenvalue weighted by atomic mass is 15.3. The second kappa shape index (κ2) is 5.88. The molecule has 106 valence electrons. The van der Waals surface area contributed by atoms with Gasteiger partial charge in [0.15, 0.2) is 0 Å². The van der Waals surface area contributed by atoms with Crippen LogP contribution in [0.15, 0.2) is 24.3 Å². The van der Waals surface area contributed by atoms with E-state index in [0.29, 0.717) is 11.6 Å². The summed E-state index contributed by atoms with van der Waals surface area (Å²) in [5.74, 6) is 7.77. The van der Waals surface area contributed by atoms with Gasteiger partial charge in [0.2, 0.25) is 0 Å². The number of nitrogens with one attached hydrogen (secondary N) is 1. The molecule has 0 fully saturated rings. The summed E-state index contributed by atoms with van der Waals surface area (Å²) in [6, 6.07) is 8.51. The van der Waals surface area contributed by atoms with Crippen LogP contribution in [0.4, 0.5) is 11.6 Å². The average Bonchev–Trinajstić information content (AvgIpc) is 2.43. The lowest BCUT2D eigenvalue weighted by Gasteiger charge is -2.22. The smallest absolute Gasteiger partial charge is 0.148 e. The zero-order valence-corrected chi connectivity index (χ0v) is 12.4. The van der Waals surface area contributed by atoms with Gasteiger partial charge in [0.05, 0.1) is 0 Å². The number of nitrogens with zero attached hydrogens (tertiary/aromatic N) is 3. The average molecular weight is 271 g/mol. The zero-order valence-electron chi connectivity index (χ0n) is 12.4. The summed E-state index contributed by atoms with van der Waals surface area (Å²) >= 11 is 0. The topological polar surface area (TPSA) is 67.1 Å². The summed E-state index contributed by atoms with van der Waals surface area (Å²) in [7, 11) is 2.02. The van der Waals surface area contributed by atoms with Gasteiger partial charge >= 0.3 is 0 Å². The maximum atomic E-state index is 5.50. The molecule has 3 N–H and O–H groups in total. The first-order valence-electron chi connectivity index (χ1n) is 6.60. The Kier molecular flexibility index (Phi) is 4.20. The van der Waals surface area contributed by atoms with Crippen LogP contribution in [0.2, 0.25) is 0 Å². The number of hydrogen-bond donors (Lipinski definition) is 2. The highest BCUT2D eigenvalue weighted by molar-refractivity contribution is 5.58. The molecule has 2 rings (SSSR count). The third-order valence-corrected chi connectivity index (χ3v) is 3.27. The fourth-order valence-electron chi connectivity index (χ4n) is 2.17. The molecule has 0 aliphatic heterocycles. The Balaban J connectivity index is 2.26. The lowest BCUT2D eigenvalue weighted by molar-refractivity contribution is 0.869. The van der Waals surface area contributed by atoms with Gasteiger partial charge in [0.25, 0.3) is 0 Å². The Bertz CT molecular complexity index is 592. The van der Waals surface area contributed by atoms with Crippen molar-refractivity contribution in [3.05, 3.63) is 46.8 Å². The monoisotopic (exact) mass is 271 g/mol. The van der Waals surface area contributed by atoms with Crippen LogP contribution in [-0.4, -0.2) is 17.0 Å². The number of nitrogen functional groups attached to an aromatic ring is 1. The number of hydrogen-bond acceptors (Lipinski definition) is 5. The van der Waals surface area contributed by atoms with Gasteiger partial charge in [-0.25, -0.2) is 15.8 Å². The van der Waals surface area contributed by atoms with Crippen molar-refractivity contribution >= 4 is 11.6 Å². The summed E-state index contributed by atoms with van der Waals surface area (Å²) in [6.45, 7) is 6.71. The summed E-state index contributed by atoms with van der Waals surface area (Å²) < 4.78 is 0. The van der Waals surface area contributed by atoms with Gasteiger partial charge < -0.3 is 10.3 Å². The van der Waals surface area contributed by atoms with Crippen LogP contribution >= 0.6 is 0 Å². The van der Waals surface area contributed by atoms with Crippen LogP contribution in [0.5, 0.6) is 0 Å². The summed E-state index contributed by atoms with van der Waals surface area (Å²) in [4.78, 5) is 10.9. The van der Waals surface area contributed by atoms with Crippen molar-refractivity contribution in [3.8, 4) is 0 Å². The molecule has 0 aliphatic carbocycles. The van der Waals surface area contributed by atoms with E-state index in [1.54, 1.807) is 0 Å². The minimum atomic E-state index is 0.670. The Hall–Kier alpha value is -2.14. The number of anilines is 2. The van der Waals surface area contributed by atoms with Gasteiger partial charge in [-0.1, -0.05) is 29.8 Å². The molecule has 2 aromatic rings. The molecule has 5 nitrogen and oxygen atoms in total. The van der Waals surface area contributed by atoms with Crippen LogP contribution in [-0.2, 0) is 6.54 Å². The zero-order chi connectivity index (χ0) is 14.7. The highest BCUT2D eigenvalue weighted by Crippen LogP contribution is 2.23. The molecule has 0 amide bonds. The van der Waals surface area contributed by atoms with E-state index in [1.165, 1.54) is 11.1 Å². The molecule has 0 spiro atoms. The van der Waals surface area contributed by atoms with Crippen molar-refractivity contribution in [2.75, 3.05) is 17.4 Å². The summed E-state index contributed by atoms with van der Waals surface area (Å²) in [5, 5.41) is 0. The van der Waals surface area contributed by atoms with Gasteiger partial charge in [-0.05, 0) is 26.3 Å². The SMILES string of the molecule is Cc1ccc(CN(C)c2nc(C)nc(NN)c2C)cc1. The maximum Gasteiger partial charge on any atom is 0.148 e. The van der Waals surface area contributed by atoms with Crippen LogP contribution in [0, 0.1) is 20.8 Å². The Labute approximate surface area is 119 Å². The first-order chi connectivity index (χ1) is 9.51. The largest absolute Gasteiger partial charge is 0.355 e. The molecule has 0 atom stereocenters. The maximum absolute atomic E-state index is 5.50. The normalized spacial score (nSPS) is 10.4. The van der Waals surface area contributed by atoms with Gasteiger partial charge in [-0.15, -0.1) is 0 Å². The number of benzene rings is 1. The van der Waals surface area contributed by atoms with E-state index in [-0.39, 0.29) is 0 Å². The molecule has 0 saturated heterocycles. The third-order valence-electron chi connectivity index (χ3n) is 3.27. The van der Waals surface area contributed by atoms with Crippen LogP contribution in [0.3, 0.4) is 0 Å². The number of nitrogens with two attached hydrogens (primary N) is 1. The van der Waals surface area contributed by atoms with Crippen molar-refractivity contribution in [2.24, 2.45) is 5.84 Å². The molecular weight excluding hydrogens is 250 g/mol. The van der Waals surface area contributed by atoms with E-state index in [1.807, 2.05) is 20.9 Å². The van der Waals surface area contributed by atoms with Crippen molar-refractivity contribution < 1.29 is 0 Å². The lowest BCUT2D eigenvalue weighted by Crippen LogP contribution is -2.21. The molecule has 0 bridgehead atoms. The van der Waals surface area contributed by atoms with Crippen LogP contribution in [0.1, 0.15) is 22.5 Å². The Morgan fingerprint density at radius 2 is 1.75 bits per heavy atom. The number of rotatable bonds is 4. The standard InChI is InChI=1S/C15H21N5/c1-10-5-7-13(8-6-10)9-20(4)15-11(2)14(19-16)17-12(3)18-15/h5-8H,9,16H2,1-4H3,(H,17,18,19). The predicted molar refractivity (Wildman–Crippen MR) is 82.6 cm³/mol. The van der Waals surface area contributed by atoms with Gasteiger partial charge in [-0.2, -0.15) is 0 Å². The van der Waals surface area contributed by atoms with Gasteiger partial charge in [-0.3, -0.25) is 0 Å². The molecule has 5 heteroatoms. The Morgan fingerprint density at radius 1 is 1.10 bits per heavy atom. The van der Waals surface area contributed by atoms with Crippen molar-refractivity contribution in [1.29, 1.82) is 0 Å². The minimum absolute atomic E-state index is 0.670. The molecule has 20 heavy (non-hydrogen) atoms.